The number of anilines is 1. The molecule has 0 atom stereocenters. The van der Waals surface area contributed by atoms with Crippen LogP contribution in [0, 0.1) is 0 Å². The molecule has 0 N–H and O–H groups in total. The molecule has 0 radical (unpaired) electrons. The molecular formula is C20H23ClN2. The molecule has 0 saturated carbocycles. The lowest BCUT2D eigenvalue weighted by atomic mass is 10.0. The van der Waals surface area contributed by atoms with Gasteiger partial charge in [-0.15, -0.1) is 0 Å². The molecule has 2 heterocycles. The van der Waals surface area contributed by atoms with E-state index >= 15 is 0 Å². The molecule has 2 nitrogen and oxygen atoms in total. The third-order valence-corrected chi connectivity index (χ3v) is 5.56. The van der Waals surface area contributed by atoms with E-state index in [4.69, 9.17) is 11.6 Å². The molecule has 0 aliphatic carbocycles. The molecule has 0 unspecified atom stereocenters. The largest absolute Gasteiger partial charge is 0.364 e. The van der Waals surface area contributed by atoms with Gasteiger partial charge in [0.1, 0.15) is 0 Å². The molecule has 4 rings (SSSR count). The van der Waals surface area contributed by atoms with Crippen molar-refractivity contribution >= 4 is 17.3 Å². The number of hydrogen-bond acceptors (Lipinski definition) is 2. The number of halogens is 1. The highest BCUT2D eigenvalue weighted by Crippen LogP contribution is 2.35. The molecule has 0 aromatic heterocycles. The van der Waals surface area contributed by atoms with Crippen molar-refractivity contribution in [2.24, 2.45) is 0 Å². The Kier molecular flexibility index (Phi) is 4.04. The van der Waals surface area contributed by atoms with Gasteiger partial charge in [-0.3, -0.25) is 0 Å². The van der Waals surface area contributed by atoms with E-state index in [1.165, 1.54) is 48.3 Å². The molecule has 0 bridgehead atoms. The molecule has 2 aliphatic rings. The van der Waals surface area contributed by atoms with Gasteiger partial charge >= 0.3 is 0 Å². The molecule has 1 saturated heterocycles. The van der Waals surface area contributed by atoms with Gasteiger partial charge in [0.15, 0.2) is 0 Å². The minimum atomic E-state index is 0.606. The van der Waals surface area contributed by atoms with Crippen LogP contribution in [-0.4, -0.2) is 31.1 Å². The smallest absolute Gasteiger partial charge is 0.0435 e. The summed E-state index contributed by atoms with van der Waals surface area (Å²) in [6.07, 6.45) is 3.46. The fourth-order valence-electron chi connectivity index (χ4n) is 3.94. The van der Waals surface area contributed by atoms with Crippen LogP contribution >= 0.6 is 11.6 Å². The van der Waals surface area contributed by atoms with Crippen molar-refractivity contribution in [1.82, 2.24) is 4.90 Å². The first-order valence-electron chi connectivity index (χ1n) is 8.51. The molecule has 0 amide bonds. The van der Waals surface area contributed by atoms with E-state index < -0.39 is 0 Å². The van der Waals surface area contributed by atoms with Crippen molar-refractivity contribution in [3.8, 4) is 0 Å². The first-order chi connectivity index (χ1) is 11.2. The molecule has 23 heavy (non-hydrogen) atoms. The maximum Gasteiger partial charge on any atom is 0.0435 e. The van der Waals surface area contributed by atoms with Crippen molar-refractivity contribution in [3.63, 3.8) is 0 Å². The molecule has 2 aliphatic heterocycles. The number of piperidine rings is 1. The van der Waals surface area contributed by atoms with Crippen LogP contribution in [0.15, 0.2) is 42.5 Å². The van der Waals surface area contributed by atoms with Gasteiger partial charge in [0.25, 0.3) is 0 Å². The lowest BCUT2D eigenvalue weighted by Crippen LogP contribution is -2.43. The number of hydrogen-bond donors (Lipinski definition) is 0. The summed E-state index contributed by atoms with van der Waals surface area (Å²) in [7, 11) is 2.22. The molecule has 1 fully saturated rings. The number of fused-ring (bicyclic) bond motifs is 2. The predicted molar refractivity (Wildman–Crippen MR) is 97.4 cm³/mol. The molecule has 120 valence electrons. The second kappa shape index (κ2) is 6.18. The quantitative estimate of drug-likeness (QED) is 0.769. The SMILES string of the molecule is CN1CCC(N2Cc3ccccc3Cc3ccc(Cl)cc32)CC1. The highest BCUT2D eigenvalue weighted by molar-refractivity contribution is 6.30. The van der Waals surface area contributed by atoms with E-state index in [2.05, 4.69) is 53.2 Å². The van der Waals surface area contributed by atoms with Crippen LogP contribution in [0.3, 0.4) is 0 Å². The molecular weight excluding hydrogens is 304 g/mol. The van der Waals surface area contributed by atoms with Crippen molar-refractivity contribution in [1.29, 1.82) is 0 Å². The van der Waals surface area contributed by atoms with Crippen molar-refractivity contribution in [2.75, 3.05) is 25.0 Å². The normalized spacial score (nSPS) is 19.1. The zero-order valence-corrected chi connectivity index (χ0v) is 14.4. The highest BCUT2D eigenvalue weighted by Gasteiger charge is 2.27. The second-order valence-electron chi connectivity index (χ2n) is 6.88. The molecule has 0 spiro atoms. The average molecular weight is 327 g/mol. The first-order valence-corrected chi connectivity index (χ1v) is 8.89. The third kappa shape index (κ3) is 2.98. The van der Waals surface area contributed by atoms with E-state index in [1.807, 2.05) is 6.07 Å². The van der Waals surface area contributed by atoms with Gasteiger partial charge in [-0.1, -0.05) is 41.9 Å². The summed E-state index contributed by atoms with van der Waals surface area (Å²) < 4.78 is 0. The van der Waals surface area contributed by atoms with Crippen LogP contribution in [0.2, 0.25) is 5.02 Å². The summed E-state index contributed by atoms with van der Waals surface area (Å²) >= 11 is 6.33. The fraction of sp³-hybridized carbons (Fsp3) is 0.400. The Morgan fingerprint density at radius 2 is 1.70 bits per heavy atom. The zero-order valence-electron chi connectivity index (χ0n) is 13.6. The van der Waals surface area contributed by atoms with Crippen LogP contribution in [0.4, 0.5) is 5.69 Å². The molecule has 2 aromatic rings. The minimum absolute atomic E-state index is 0.606. The maximum atomic E-state index is 6.33. The maximum absolute atomic E-state index is 6.33. The zero-order chi connectivity index (χ0) is 15.8. The number of nitrogens with zero attached hydrogens (tertiary/aromatic N) is 2. The Morgan fingerprint density at radius 3 is 2.48 bits per heavy atom. The van der Waals surface area contributed by atoms with Crippen LogP contribution in [0.5, 0.6) is 0 Å². The van der Waals surface area contributed by atoms with E-state index in [-0.39, 0.29) is 0 Å². The van der Waals surface area contributed by atoms with Crippen molar-refractivity contribution in [2.45, 2.75) is 31.8 Å². The van der Waals surface area contributed by atoms with Gasteiger partial charge in [0.05, 0.1) is 0 Å². The van der Waals surface area contributed by atoms with E-state index in [0.717, 1.165) is 18.0 Å². The number of likely N-dealkylation sites (tertiary alicyclic amines) is 1. The number of benzene rings is 2. The lowest BCUT2D eigenvalue weighted by molar-refractivity contribution is 0.249. The van der Waals surface area contributed by atoms with Gasteiger partial charge in [-0.25, -0.2) is 0 Å². The van der Waals surface area contributed by atoms with E-state index in [9.17, 15) is 0 Å². The van der Waals surface area contributed by atoms with Crippen molar-refractivity contribution < 1.29 is 0 Å². The summed E-state index contributed by atoms with van der Waals surface area (Å²) in [6, 6.07) is 15.9. The average Bonchev–Trinajstić information content (AvgIpc) is 2.72. The summed E-state index contributed by atoms with van der Waals surface area (Å²) in [5.74, 6) is 0. The van der Waals surface area contributed by atoms with E-state index in [0.29, 0.717) is 6.04 Å². The topological polar surface area (TPSA) is 6.48 Å². The standard InChI is InChI=1S/C20H23ClN2/c1-22-10-8-19(9-11-22)23-14-17-5-3-2-4-15(17)12-16-6-7-18(21)13-20(16)23/h2-7,13,19H,8-12,14H2,1H3. The summed E-state index contributed by atoms with van der Waals surface area (Å²) in [4.78, 5) is 5.04. The first kappa shape index (κ1) is 15.0. The van der Waals surface area contributed by atoms with Gasteiger partial charge in [-0.05, 0) is 68.2 Å². The Bertz CT molecular complexity index is 705. The predicted octanol–water partition coefficient (Wildman–Crippen LogP) is 4.35. The summed E-state index contributed by atoms with van der Waals surface area (Å²) in [6.45, 7) is 3.36. The molecule has 3 heteroatoms. The van der Waals surface area contributed by atoms with Crippen molar-refractivity contribution in [3.05, 3.63) is 64.2 Å². The van der Waals surface area contributed by atoms with Crippen LogP contribution in [-0.2, 0) is 13.0 Å². The lowest BCUT2D eigenvalue weighted by Gasteiger charge is -2.39. The van der Waals surface area contributed by atoms with Crippen LogP contribution in [0.25, 0.3) is 0 Å². The van der Waals surface area contributed by atoms with E-state index in [1.54, 1.807) is 0 Å². The summed E-state index contributed by atoms with van der Waals surface area (Å²) in [5.41, 5.74) is 5.65. The Labute approximate surface area is 143 Å². The minimum Gasteiger partial charge on any atom is -0.364 e. The van der Waals surface area contributed by atoms with Gasteiger partial charge < -0.3 is 9.80 Å². The van der Waals surface area contributed by atoms with Gasteiger partial charge in [0.2, 0.25) is 0 Å². The Balaban J connectivity index is 1.76. The second-order valence-corrected chi connectivity index (χ2v) is 7.32. The summed E-state index contributed by atoms with van der Waals surface area (Å²) in [5, 5.41) is 0.840. The fourth-order valence-corrected chi connectivity index (χ4v) is 4.11. The van der Waals surface area contributed by atoms with Crippen LogP contribution in [0.1, 0.15) is 29.5 Å². The third-order valence-electron chi connectivity index (χ3n) is 5.33. The van der Waals surface area contributed by atoms with Gasteiger partial charge in [-0.2, -0.15) is 0 Å². The Hall–Kier alpha value is -1.51. The number of rotatable bonds is 1. The highest BCUT2D eigenvalue weighted by atomic mass is 35.5. The van der Waals surface area contributed by atoms with Gasteiger partial charge in [0, 0.05) is 23.3 Å². The monoisotopic (exact) mass is 326 g/mol. The van der Waals surface area contributed by atoms with Crippen LogP contribution < -0.4 is 4.90 Å². The Morgan fingerprint density at radius 1 is 0.957 bits per heavy atom. The molecule has 2 aromatic carbocycles.